The third-order valence-electron chi connectivity index (χ3n) is 2.09. The van der Waals surface area contributed by atoms with Crippen LogP contribution in [0.1, 0.15) is 12.8 Å². The molecule has 74 valence electrons. The molecule has 0 aromatic carbocycles. The smallest absolute Gasteiger partial charge is 0.407 e. The van der Waals surface area contributed by atoms with Crippen LogP contribution in [0.15, 0.2) is 9.47 Å². The number of halogens is 2. The standard InChI is InChI=1S/C8H11Br2NO2/c9-7(10)4-6-2-1-3-11(5-6)8(12)13/h4,6H,1-3,5H2,(H,12,13). The highest BCUT2D eigenvalue weighted by Gasteiger charge is 2.21. The summed E-state index contributed by atoms with van der Waals surface area (Å²) in [5.74, 6) is 0.332. The molecule has 1 aliphatic heterocycles. The van der Waals surface area contributed by atoms with E-state index in [1.807, 2.05) is 6.08 Å². The molecule has 1 fully saturated rings. The van der Waals surface area contributed by atoms with E-state index in [0.717, 1.165) is 16.2 Å². The summed E-state index contributed by atoms with van der Waals surface area (Å²) in [6, 6.07) is 0. The summed E-state index contributed by atoms with van der Waals surface area (Å²) >= 11 is 6.56. The van der Waals surface area contributed by atoms with E-state index < -0.39 is 6.09 Å². The lowest BCUT2D eigenvalue weighted by atomic mass is 9.99. The second-order valence-electron chi connectivity index (χ2n) is 3.09. The fourth-order valence-electron chi connectivity index (χ4n) is 1.50. The van der Waals surface area contributed by atoms with Gasteiger partial charge in [-0.25, -0.2) is 4.79 Å². The molecule has 13 heavy (non-hydrogen) atoms. The van der Waals surface area contributed by atoms with E-state index in [1.54, 1.807) is 0 Å². The van der Waals surface area contributed by atoms with Crippen molar-refractivity contribution in [1.82, 2.24) is 4.90 Å². The Balaban J connectivity index is 2.51. The molecule has 1 N–H and O–H groups in total. The highest BCUT2D eigenvalue weighted by Crippen LogP contribution is 2.23. The summed E-state index contributed by atoms with van der Waals surface area (Å²) < 4.78 is 0.900. The Morgan fingerprint density at radius 1 is 1.54 bits per heavy atom. The zero-order chi connectivity index (χ0) is 9.84. The fourth-order valence-corrected chi connectivity index (χ4v) is 2.25. The number of carbonyl (C=O) groups is 1. The van der Waals surface area contributed by atoms with Gasteiger partial charge in [0.25, 0.3) is 0 Å². The van der Waals surface area contributed by atoms with Crippen LogP contribution in [0, 0.1) is 5.92 Å². The van der Waals surface area contributed by atoms with E-state index in [0.29, 0.717) is 19.0 Å². The zero-order valence-corrected chi connectivity index (χ0v) is 10.2. The molecule has 1 heterocycles. The lowest BCUT2D eigenvalue weighted by Gasteiger charge is -2.28. The predicted octanol–water partition coefficient (Wildman–Crippen LogP) is 3.01. The van der Waals surface area contributed by atoms with Gasteiger partial charge >= 0.3 is 6.09 Å². The second kappa shape index (κ2) is 5.00. The van der Waals surface area contributed by atoms with Gasteiger partial charge in [-0.15, -0.1) is 0 Å². The van der Waals surface area contributed by atoms with Crippen LogP contribution in [0.5, 0.6) is 0 Å². The Morgan fingerprint density at radius 3 is 2.77 bits per heavy atom. The summed E-state index contributed by atoms with van der Waals surface area (Å²) in [6.45, 7) is 1.27. The molecule has 3 nitrogen and oxygen atoms in total. The number of rotatable bonds is 1. The Kier molecular flexibility index (Phi) is 4.25. The molecule has 1 amide bonds. The number of nitrogens with zero attached hydrogens (tertiary/aromatic N) is 1. The third kappa shape index (κ3) is 3.68. The molecule has 0 bridgehead atoms. The second-order valence-corrected chi connectivity index (χ2v) is 5.86. The van der Waals surface area contributed by atoms with Crippen LogP contribution in [0.25, 0.3) is 0 Å². The lowest BCUT2D eigenvalue weighted by Crippen LogP contribution is -2.38. The van der Waals surface area contributed by atoms with Crippen LogP contribution in [0.3, 0.4) is 0 Å². The molecule has 0 radical (unpaired) electrons. The van der Waals surface area contributed by atoms with Crippen molar-refractivity contribution in [1.29, 1.82) is 0 Å². The maximum Gasteiger partial charge on any atom is 0.407 e. The molecular weight excluding hydrogens is 302 g/mol. The van der Waals surface area contributed by atoms with Crippen LogP contribution in [-0.2, 0) is 0 Å². The molecule has 1 unspecified atom stereocenters. The van der Waals surface area contributed by atoms with Gasteiger partial charge in [-0.3, -0.25) is 0 Å². The zero-order valence-electron chi connectivity index (χ0n) is 7.04. The molecular formula is C8H11Br2NO2. The van der Waals surface area contributed by atoms with Gasteiger partial charge < -0.3 is 10.0 Å². The molecule has 0 aliphatic carbocycles. The van der Waals surface area contributed by atoms with Crippen molar-refractivity contribution in [2.45, 2.75) is 12.8 Å². The van der Waals surface area contributed by atoms with Gasteiger partial charge in [0.1, 0.15) is 0 Å². The van der Waals surface area contributed by atoms with Crippen LogP contribution < -0.4 is 0 Å². The first-order valence-corrected chi connectivity index (χ1v) is 5.69. The molecule has 0 aromatic heterocycles. The lowest BCUT2D eigenvalue weighted by molar-refractivity contribution is 0.127. The Morgan fingerprint density at radius 2 is 2.23 bits per heavy atom. The minimum absolute atomic E-state index is 0.332. The maximum atomic E-state index is 10.7. The number of hydrogen-bond acceptors (Lipinski definition) is 1. The van der Waals surface area contributed by atoms with E-state index in [4.69, 9.17) is 5.11 Å². The van der Waals surface area contributed by atoms with Gasteiger partial charge in [0.15, 0.2) is 0 Å². The van der Waals surface area contributed by atoms with Crippen molar-refractivity contribution in [3.8, 4) is 0 Å². The highest BCUT2D eigenvalue weighted by molar-refractivity contribution is 9.28. The number of piperidine rings is 1. The Hall–Kier alpha value is -0.0300. The maximum absolute atomic E-state index is 10.7. The number of carboxylic acid groups (broad SMARTS) is 1. The molecule has 0 aromatic rings. The number of likely N-dealkylation sites (tertiary alicyclic amines) is 1. The topological polar surface area (TPSA) is 40.5 Å². The monoisotopic (exact) mass is 311 g/mol. The number of amides is 1. The Bertz CT molecular complexity index is 226. The fraction of sp³-hybridized carbons (Fsp3) is 0.625. The van der Waals surface area contributed by atoms with Crippen LogP contribution in [-0.4, -0.2) is 29.2 Å². The Labute approximate surface area is 94.0 Å². The van der Waals surface area contributed by atoms with Crippen LogP contribution >= 0.6 is 31.9 Å². The number of hydrogen-bond donors (Lipinski definition) is 1. The van der Waals surface area contributed by atoms with Crippen LogP contribution in [0.2, 0.25) is 0 Å². The summed E-state index contributed by atoms with van der Waals surface area (Å²) in [5, 5.41) is 8.77. The normalized spacial score (nSPS) is 22.6. The first-order chi connectivity index (χ1) is 6.09. The summed E-state index contributed by atoms with van der Waals surface area (Å²) in [6.07, 6.45) is 3.20. The van der Waals surface area contributed by atoms with Crippen molar-refractivity contribution in [3.05, 3.63) is 9.47 Å². The van der Waals surface area contributed by atoms with Gasteiger partial charge in [-0.1, -0.05) is 6.08 Å². The van der Waals surface area contributed by atoms with E-state index in [2.05, 4.69) is 31.9 Å². The molecule has 1 rings (SSSR count). The van der Waals surface area contributed by atoms with E-state index >= 15 is 0 Å². The quantitative estimate of drug-likeness (QED) is 0.808. The van der Waals surface area contributed by atoms with Crippen LogP contribution in [0.4, 0.5) is 4.79 Å². The highest BCUT2D eigenvalue weighted by atomic mass is 79.9. The van der Waals surface area contributed by atoms with Gasteiger partial charge in [-0.05, 0) is 50.6 Å². The third-order valence-corrected chi connectivity index (χ3v) is 2.62. The molecule has 1 saturated heterocycles. The minimum Gasteiger partial charge on any atom is -0.465 e. The first-order valence-electron chi connectivity index (χ1n) is 4.10. The SMILES string of the molecule is O=C(O)N1CCCC(C=C(Br)Br)C1. The van der Waals surface area contributed by atoms with E-state index in [1.165, 1.54) is 4.90 Å². The van der Waals surface area contributed by atoms with E-state index in [-0.39, 0.29) is 0 Å². The molecule has 5 heteroatoms. The molecule has 0 saturated carbocycles. The minimum atomic E-state index is -0.816. The summed E-state index contributed by atoms with van der Waals surface area (Å²) in [4.78, 5) is 12.1. The van der Waals surface area contributed by atoms with E-state index in [9.17, 15) is 4.79 Å². The van der Waals surface area contributed by atoms with Crippen molar-refractivity contribution >= 4 is 38.0 Å². The van der Waals surface area contributed by atoms with Crippen molar-refractivity contribution in [3.63, 3.8) is 0 Å². The van der Waals surface area contributed by atoms with Crippen molar-refractivity contribution in [2.75, 3.05) is 13.1 Å². The average molecular weight is 313 g/mol. The van der Waals surface area contributed by atoms with Crippen molar-refractivity contribution in [2.24, 2.45) is 5.92 Å². The van der Waals surface area contributed by atoms with Gasteiger partial charge in [0.2, 0.25) is 0 Å². The molecule has 1 atom stereocenters. The van der Waals surface area contributed by atoms with Gasteiger partial charge in [0, 0.05) is 13.1 Å². The van der Waals surface area contributed by atoms with Gasteiger partial charge in [-0.2, -0.15) is 0 Å². The van der Waals surface area contributed by atoms with Crippen molar-refractivity contribution < 1.29 is 9.90 Å². The molecule has 0 spiro atoms. The first kappa shape index (κ1) is 11.0. The summed E-state index contributed by atoms with van der Waals surface area (Å²) in [5.41, 5.74) is 0. The predicted molar refractivity (Wildman–Crippen MR) is 58.3 cm³/mol. The largest absolute Gasteiger partial charge is 0.465 e. The average Bonchev–Trinajstić information content (AvgIpc) is 2.03. The van der Waals surface area contributed by atoms with Gasteiger partial charge in [0.05, 0.1) is 3.39 Å². The summed E-state index contributed by atoms with van der Waals surface area (Å²) in [7, 11) is 0. The molecule has 1 aliphatic rings.